The first-order valence-corrected chi connectivity index (χ1v) is 13.0. The number of benzene rings is 3. The van der Waals surface area contributed by atoms with E-state index < -0.39 is 8.25 Å². The molecule has 7 rings (SSSR count). The summed E-state index contributed by atoms with van der Waals surface area (Å²) in [6.07, 6.45) is 3.46. The number of rotatable bonds is 4. The van der Waals surface area contributed by atoms with Crippen molar-refractivity contribution in [2.24, 2.45) is 0 Å². The Bertz CT molecular complexity index is 2060. The largest absolute Gasteiger partial charge is 0.747 e. The second-order valence-corrected chi connectivity index (χ2v) is 9.52. The van der Waals surface area contributed by atoms with Gasteiger partial charge in [0.25, 0.3) is 0 Å². The highest BCUT2D eigenvalue weighted by Gasteiger charge is 2.20. The molecule has 7 nitrogen and oxygen atoms in total. The van der Waals surface area contributed by atoms with Gasteiger partial charge in [0.1, 0.15) is 5.52 Å². The summed E-state index contributed by atoms with van der Waals surface area (Å²) >= 11 is 0. The molecule has 4 aromatic heterocycles. The minimum absolute atomic E-state index is 0.296. The van der Waals surface area contributed by atoms with Gasteiger partial charge >= 0.3 is 8.25 Å². The van der Waals surface area contributed by atoms with E-state index in [1.165, 1.54) is 0 Å². The fraction of sp³-hybridized carbons (Fsp3) is 0. The van der Waals surface area contributed by atoms with Gasteiger partial charge < -0.3 is 0 Å². The molecular weight excluding hydrogens is 495 g/mol. The Morgan fingerprint density at radius 2 is 1.21 bits per heavy atom. The minimum atomic E-state index is -2.80. The Morgan fingerprint density at radius 1 is 0.605 bits per heavy atom. The van der Waals surface area contributed by atoms with Crippen LogP contribution in [0.5, 0.6) is 5.75 Å². The van der Waals surface area contributed by atoms with Crippen LogP contribution in [0.4, 0.5) is 0 Å². The van der Waals surface area contributed by atoms with E-state index in [0.717, 1.165) is 49.7 Å². The fourth-order valence-corrected chi connectivity index (χ4v) is 5.15. The van der Waals surface area contributed by atoms with Gasteiger partial charge in [-0.2, -0.15) is 0 Å². The summed E-state index contributed by atoms with van der Waals surface area (Å²) in [5.41, 5.74) is 6.58. The van der Waals surface area contributed by atoms with Gasteiger partial charge in [0.2, 0.25) is 0 Å². The van der Waals surface area contributed by atoms with E-state index in [2.05, 4.69) is 34.2 Å². The molecule has 1 N–H and O–H groups in total. The summed E-state index contributed by atoms with van der Waals surface area (Å²) in [6.45, 7) is 0. The second-order valence-electron chi connectivity index (χ2n) is 8.86. The van der Waals surface area contributed by atoms with Gasteiger partial charge in [-0.1, -0.05) is 48.5 Å². The topological polar surface area (TPSA) is 98.1 Å². The second kappa shape index (κ2) is 8.92. The molecule has 0 aliphatic carbocycles. The normalized spacial score (nSPS) is 11.9. The van der Waals surface area contributed by atoms with E-state index in [-0.39, 0.29) is 0 Å². The Labute approximate surface area is 217 Å². The lowest BCUT2D eigenvalue weighted by Crippen LogP contribution is -1.92. The van der Waals surface area contributed by atoms with Gasteiger partial charge in [-0.3, -0.25) is 9.97 Å². The predicted octanol–water partition coefficient (Wildman–Crippen LogP) is 7.24. The van der Waals surface area contributed by atoms with Crippen LogP contribution in [0, 0.1) is 0 Å². The van der Waals surface area contributed by atoms with Crippen molar-refractivity contribution in [1.82, 2.24) is 19.9 Å². The van der Waals surface area contributed by atoms with Crippen LogP contribution in [-0.2, 0) is 4.57 Å². The SMILES string of the molecule is O=[P+](O)Oc1cc2ccc(-c3cccc(-c4ccc5ccc6cccnc6c5n4)c3)nc2c2ncccc12. The molecule has 7 aromatic rings. The van der Waals surface area contributed by atoms with Crippen molar-refractivity contribution in [3.63, 3.8) is 0 Å². The summed E-state index contributed by atoms with van der Waals surface area (Å²) in [7, 11) is -2.80. The summed E-state index contributed by atoms with van der Waals surface area (Å²) < 4.78 is 16.5. The van der Waals surface area contributed by atoms with Crippen LogP contribution < -0.4 is 4.52 Å². The van der Waals surface area contributed by atoms with E-state index in [9.17, 15) is 9.46 Å². The number of pyridine rings is 4. The quantitative estimate of drug-likeness (QED) is 0.196. The van der Waals surface area contributed by atoms with Crippen molar-refractivity contribution in [2.45, 2.75) is 0 Å². The molecule has 0 aliphatic heterocycles. The molecule has 0 aliphatic rings. The molecule has 0 amide bonds. The molecule has 3 aromatic carbocycles. The van der Waals surface area contributed by atoms with Gasteiger partial charge in [-0.05, 0) is 42.5 Å². The Hall–Kier alpha value is -4.84. The third kappa shape index (κ3) is 3.82. The Balaban J connectivity index is 1.35. The molecule has 0 spiro atoms. The highest BCUT2D eigenvalue weighted by Crippen LogP contribution is 2.36. The zero-order valence-electron chi connectivity index (χ0n) is 19.8. The maximum Gasteiger partial charge on any atom is 0.747 e. The minimum Gasteiger partial charge on any atom is -0.254 e. The molecule has 8 heteroatoms. The highest BCUT2D eigenvalue weighted by molar-refractivity contribution is 7.32. The predicted molar refractivity (Wildman–Crippen MR) is 149 cm³/mol. The number of hydrogen-bond donors (Lipinski definition) is 1. The molecule has 4 heterocycles. The van der Waals surface area contributed by atoms with Gasteiger partial charge in [-0.25, -0.2) is 14.5 Å². The van der Waals surface area contributed by atoms with Crippen molar-refractivity contribution >= 4 is 51.9 Å². The first kappa shape index (κ1) is 22.4. The molecular formula is C30H18N4O3P+. The third-order valence-corrected chi connectivity index (χ3v) is 6.93. The van der Waals surface area contributed by atoms with Gasteiger partial charge in [-0.15, -0.1) is 4.89 Å². The number of hydrogen-bond acceptors (Lipinski definition) is 6. The third-order valence-electron chi connectivity index (χ3n) is 6.57. The van der Waals surface area contributed by atoms with Crippen molar-refractivity contribution in [3.8, 4) is 28.3 Å². The summed E-state index contributed by atoms with van der Waals surface area (Å²) in [4.78, 5) is 28.3. The lowest BCUT2D eigenvalue weighted by Gasteiger charge is -2.09. The van der Waals surface area contributed by atoms with Crippen LogP contribution in [0.1, 0.15) is 0 Å². The van der Waals surface area contributed by atoms with Crippen LogP contribution in [0.15, 0.2) is 103 Å². The van der Waals surface area contributed by atoms with E-state index in [0.29, 0.717) is 22.2 Å². The molecule has 38 heavy (non-hydrogen) atoms. The number of nitrogens with zero attached hydrogens (tertiary/aromatic N) is 4. The fourth-order valence-electron chi connectivity index (χ4n) is 4.83. The van der Waals surface area contributed by atoms with Gasteiger partial charge in [0.05, 0.1) is 33.3 Å². The number of fused-ring (bicyclic) bond motifs is 6. The molecule has 0 bridgehead atoms. The van der Waals surface area contributed by atoms with Crippen LogP contribution in [-0.4, -0.2) is 24.8 Å². The molecule has 0 saturated carbocycles. The molecule has 180 valence electrons. The smallest absolute Gasteiger partial charge is 0.254 e. The molecule has 0 radical (unpaired) electrons. The van der Waals surface area contributed by atoms with Crippen LogP contribution in [0.25, 0.3) is 66.1 Å². The zero-order valence-corrected chi connectivity index (χ0v) is 20.7. The van der Waals surface area contributed by atoms with E-state index >= 15 is 0 Å². The van der Waals surface area contributed by atoms with Gasteiger partial charge in [0.15, 0.2) is 5.75 Å². The monoisotopic (exact) mass is 513 g/mol. The van der Waals surface area contributed by atoms with E-state index in [4.69, 9.17) is 14.5 Å². The first-order valence-electron chi connectivity index (χ1n) is 11.9. The van der Waals surface area contributed by atoms with Crippen molar-refractivity contribution in [2.75, 3.05) is 0 Å². The molecule has 0 fully saturated rings. The van der Waals surface area contributed by atoms with Crippen molar-refractivity contribution < 1.29 is 14.0 Å². The molecule has 1 atom stereocenters. The zero-order chi connectivity index (χ0) is 25.6. The first-order chi connectivity index (χ1) is 18.6. The van der Waals surface area contributed by atoms with Crippen LogP contribution in [0.2, 0.25) is 0 Å². The lowest BCUT2D eigenvalue weighted by atomic mass is 10.0. The highest BCUT2D eigenvalue weighted by atomic mass is 31.1. The van der Waals surface area contributed by atoms with E-state index in [1.54, 1.807) is 30.6 Å². The standard InChI is InChI=1S/C30H17N4O3P/c35-38(36)37-26-17-22-11-13-25(34-29(22)30-23(26)7-3-15-32-30)21-5-1-4-20(16-21)24-12-10-19-9-8-18-6-2-14-31-27(18)28(19)33-24/h1-17H/p+1. The van der Waals surface area contributed by atoms with Crippen molar-refractivity contribution in [3.05, 3.63) is 103 Å². The Morgan fingerprint density at radius 3 is 1.95 bits per heavy atom. The maximum atomic E-state index is 11.4. The molecule has 0 saturated heterocycles. The lowest BCUT2D eigenvalue weighted by molar-refractivity contribution is 0.412. The van der Waals surface area contributed by atoms with Gasteiger partial charge in [0, 0.05) is 44.2 Å². The summed E-state index contributed by atoms with van der Waals surface area (Å²) in [5.74, 6) is 0.296. The Kier molecular flexibility index (Phi) is 5.25. The summed E-state index contributed by atoms with van der Waals surface area (Å²) in [5, 5.41) is 3.48. The molecule has 1 unspecified atom stereocenters. The average molecular weight is 513 g/mol. The maximum absolute atomic E-state index is 11.4. The van der Waals surface area contributed by atoms with Crippen LogP contribution in [0.3, 0.4) is 0 Å². The number of aromatic nitrogens is 4. The van der Waals surface area contributed by atoms with Crippen molar-refractivity contribution in [1.29, 1.82) is 0 Å². The average Bonchev–Trinajstić information content (AvgIpc) is 2.96. The van der Waals surface area contributed by atoms with Crippen LogP contribution >= 0.6 is 8.25 Å². The summed E-state index contributed by atoms with van der Waals surface area (Å²) in [6, 6.07) is 29.4. The van der Waals surface area contributed by atoms with E-state index in [1.807, 2.05) is 48.5 Å².